The molecular formula is C21H25NO7S. The van der Waals surface area contributed by atoms with Crippen LogP contribution in [0.25, 0.3) is 0 Å². The van der Waals surface area contributed by atoms with Crippen LogP contribution < -0.4 is 0 Å². The van der Waals surface area contributed by atoms with Gasteiger partial charge >= 0.3 is 5.97 Å². The van der Waals surface area contributed by atoms with Gasteiger partial charge in [0.1, 0.15) is 5.60 Å². The molecule has 0 aliphatic carbocycles. The molecular weight excluding hydrogens is 410 g/mol. The molecule has 2 rings (SSSR count). The normalized spacial score (nSPS) is 12.9. The topological polar surface area (TPSA) is 113 Å². The van der Waals surface area contributed by atoms with Crippen molar-refractivity contribution in [2.75, 3.05) is 0 Å². The second kappa shape index (κ2) is 9.82. The molecule has 0 unspecified atom stereocenters. The average molecular weight is 435 g/mol. The number of ether oxygens (including phenoxy) is 1. The van der Waals surface area contributed by atoms with Gasteiger partial charge in [0.15, 0.2) is 6.10 Å². The number of carbonyl (C=O) groups is 1. The van der Waals surface area contributed by atoms with Gasteiger partial charge in [-0.2, -0.15) is 8.42 Å². The summed E-state index contributed by atoms with van der Waals surface area (Å²) in [6.07, 6.45) is -0.0472. The molecule has 2 aromatic carbocycles. The van der Waals surface area contributed by atoms with Gasteiger partial charge in [-0.25, -0.2) is 4.79 Å². The summed E-state index contributed by atoms with van der Waals surface area (Å²) in [5, 5.41) is 10.8. The summed E-state index contributed by atoms with van der Waals surface area (Å²) < 4.78 is 35.8. The molecule has 9 heteroatoms. The SMILES string of the molecule is CC(C)(C)OC(=O)[C@@H](CCCc1ccccc1)OS(=O)(=O)c1ccc([N+](=O)[O-])cc1. The summed E-state index contributed by atoms with van der Waals surface area (Å²) >= 11 is 0. The van der Waals surface area contributed by atoms with Gasteiger partial charge in [-0.15, -0.1) is 0 Å². The van der Waals surface area contributed by atoms with Crippen LogP contribution in [0, 0.1) is 10.1 Å². The molecule has 0 heterocycles. The lowest BCUT2D eigenvalue weighted by molar-refractivity contribution is -0.384. The number of hydrogen-bond acceptors (Lipinski definition) is 7. The van der Waals surface area contributed by atoms with Gasteiger partial charge in [0.2, 0.25) is 0 Å². The first-order valence-corrected chi connectivity index (χ1v) is 10.8. The Kier molecular flexibility index (Phi) is 7.69. The van der Waals surface area contributed by atoms with E-state index < -0.39 is 32.7 Å². The van der Waals surface area contributed by atoms with Gasteiger partial charge < -0.3 is 4.74 Å². The first-order valence-electron chi connectivity index (χ1n) is 9.42. The standard InChI is InChI=1S/C21H25NO7S/c1-21(2,3)28-20(23)19(11-7-10-16-8-5-4-6-9-16)29-30(26,27)18-14-12-17(13-15-18)22(24)25/h4-6,8-9,12-15,19H,7,10-11H2,1-3H3/t19-/m1/s1. The molecule has 0 spiro atoms. The molecule has 0 aliphatic heterocycles. The van der Waals surface area contributed by atoms with Crippen molar-refractivity contribution in [3.05, 3.63) is 70.3 Å². The molecule has 162 valence electrons. The van der Waals surface area contributed by atoms with Gasteiger partial charge in [0.05, 0.1) is 9.82 Å². The molecule has 0 saturated heterocycles. The van der Waals surface area contributed by atoms with Crippen LogP contribution in [0.5, 0.6) is 0 Å². The highest BCUT2D eigenvalue weighted by Crippen LogP contribution is 2.22. The number of carbonyl (C=O) groups excluding carboxylic acids is 1. The van der Waals surface area contributed by atoms with Gasteiger partial charge in [0.25, 0.3) is 15.8 Å². The van der Waals surface area contributed by atoms with Gasteiger partial charge in [-0.3, -0.25) is 14.3 Å². The molecule has 0 aromatic heterocycles. The van der Waals surface area contributed by atoms with Gasteiger partial charge in [0, 0.05) is 12.1 Å². The molecule has 0 amide bonds. The lowest BCUT2D eigenvalue weighted by atomic mass is 10.1. The van der Waals surface area contributed by atoms with Crippen molar-refractivity contribution in [3.63, 3.8) is 0 Å². The van der Waals surface area contributed by atoms with E-state index in [9.17, 15) is 23.3 Å². The predicted octanol–water partition coefficient (Wildman–Crippen LogP) is 4.03. The molecule has 30 heavy (non-hydrogen) atoms. The van der Waals surface area contributed by atoms with Crippen LogP contribution in [0.2, 0.25) is 0 Å². The van der Waals surface area contributed by atoms with Crippen LogP contribution in [-0.4, -0.2) is 31.0 Å². The zero-order valence-corrected chi connectivity index (χ0v) is 17.9. The van der Waals surface area contributed by atoms with Crippen molar-refractivity contribution in [2.45, 2.75) is 56.6 Å². The molecule has 0 N–H and O–H groups in total. The number of nitrogens with zero attached hydrogens (tertiary/aromatic N) is 1. The van der Waals surface area contributed by atoms with Crippen molar-refractivity contribution in [1.82, 2.24) is 0 Å². The fourth-order valence-electron chi connectivity index (χ4n) is 2.65. The van der Waals surface area contributed by atoms with Crippen LogP contribution in [0.15, 0.2) is 59.5 Å². The Labute approximate surface area is 176 Å². The maximum atomic E-state index is 12.6. The fraction of sp³-hybridized carbons (Fsp3) is 0.381. The monoisotopic (exact) mass is 435 g/mol. The first kappa shape index (κ1) is 23.5. The molecule has 0 aliphatic rings. The van der Waals surface area contributed by atoms with Crippen molar-refractivity contribution in [2.24, 2.45) is 0 Å². The number of non-ortho nitro benzene ring substituents is 1. The molecule has 8 nitrogen and oxygen atoms in total. The first-order chi connectivity index (χ1) is 14.0. The highest BCUT2D eigenvalue weighted by Gasteiger charge is 2.31. The van der Waals surface area contributed by atoms with Crippen LogP contribution in [0.4, 0.5) is 5.69 Å². The number of esters is 1. The largest absolute Gasteiger partial charge is 0.458 e. The van der Waals surface area contributed by atoms with Gasteiger partial charge in [-0.1, -0.05) is 30.3 Å². The van der Waals surface area contributed by atoms with E-state index in [2.05, 4.69) is 0 Å². The van der Waals surface area contributed by atoms with Gasteiger partial charge in [-0.05, 0) is 57.7 Å². The smallest absolute Gasteiger partial charge is 0.337 e. The number of rotatable bonds is 9. The Morgan fingerprint density at radius 2 is 1.67 bits per heavy atom. The highest BCUT2D eigenvalue weighted by atomic mass is 32.2. The summed E-state index contributed by atoms with van der Waals surface area (Å²) in [4.78, 5) is 22.4. The highest BCUT2D eigenvalue weighted by molar-refractivity contribution is 7.86. The van der Waals surface area contributed by atoms with Crippen LogP contribution in [0.1, 0.15) is 39.2 Å². The van der Waals surface area contributed by atoms with Crippen LogP contribution in [-0.2, 0) is 30.3 Å². The van der Waals surface area contributed by atoms with E-state index in [1.54, 1.807) is 20.8 Å². The van der Waals surface area contributed by atoms with E-state index in [0.29, 0.717) is 12.8 Å². The molecule has 0 fully saturated rings. The third-order valence-electron chi connectivity index (χ3n) is 4.02. The van der Waals surface area contributed by atoms with E-state index in [1.165, 1.54) is 0 Å². The Balaban J connectivity index is 2.15. The van der Waals surface area contributed by atoms with E-state index in [0.717, 1.165) is 29.8 Å². The number of aryl methyl sites for hydroxylation is 1. The Bertz CT molecular complexity index is 965. The van der Waals surface area contributed by atoms with E-state index in [4.69, 9.17) is 8.92 Å². The Hall–Kier alpha value is -2.78. The minimum Gasteiger partial charge on any atom is -0.458 e. The maximum Gasteiger partial charge on any atom is 0.337 e. The van der Waals surface area contributed by atoms with E-state index in [-0.39, 0.29) is 17.0 Å². The second-order valence-electron chi connectivity index (χ2n) is 7.70. The van der Waals surface area contributed by atoms with E-state index >= 15 is 0 Å². The van der Waals surface area contributed by atoms with Crippen molar-refractivity contribution in [3.8, 4) is 0 Å². The Morgan fingerprint density at radius 1 is 1.07 bits per heavy atom. The lowest BCUT2D eigenvalue weighted by Crippen LogP contribution is -2.35. The van der Waals surface area contributed by atoms with Crippen molar-refractivity contribution < 1.29 is 27.1 Å². The zero-order valence-electron chi connectivity index (χ0n) is 17.1. The minimum atomic E-state index is -4.32. The predicted molar refractivity (Wildman–Crippen MR) is 110 cm³/mol. The molecule has 0 radical (unpaired) electrons. The number of nitro benzene ring substituents is 1. The third kappa shape index (κ3) is 7.23. The lowest BCUT2D eigenvalue weighted by Gasteiger charge is -2.24. The quantitative estimate of drug-likeness (QED) is 0.253. The van der Waals surface area contributed by atoms with Crippen LogP contribution in [0.3, 0.4) is 0 Å². The average Bonchev–Trinajstić information content (AvgIpc) is 2.66. The molecule has 1 atom stereocenters. The zero-order chi connectivity index (χ0) is 22.4. The second-order valence-corrected chi connectivity index (χ2v) is 9.27. The number of hydrogen-bond donors (Lipinski definition) is 0. The summed E-state index contributed by atoms with van der Waals surface area (Å²) in [6.45, 7) is 5.03. The third-order valence-corrected chi connectivity index (χ3v) is 5.36. The fourth-order valence-corrected chi connectivity index (χ4v) is 3.71. The number of nitro groups is 1. The number of benzene rings is 2. The minimum absolute atomic E-state index is 0.135. The summed E-state index contributed by atoms with van der Waals surface area (Å²) in [7, 11) is -4.32. The molecule has 0 bridgehead atoms. The maximum absolute atomic E-state index is 12.6. The van der Waals surface area contributed by atoms with Crippen molar-refractivity contribution in [1.29, 1.82) is 0 Å². The summed E-state index contributed by atoms with van der Waals surface area (Å²) in [5.41, 5.74) is -0.00549. The van der Waals surface area contributed by atoms with E-state index in [1.807, 2.05) is 30.3 Å². The molecule has 0 saturated carbocycles. The molecule has 2 aromatic rings. The summed E-state index contributed by atoms with van der Waals surface area (Å²) in [5.74, 6) is -0.777. The summed E-state index contributed by atoms with van der Waals surface area (Å²) in [6, 6.07) is 13.8. The van der Waals surface area contributed by atoms with Crippen molar-refractivity contribution >= 4 is 21.8 Å². The van der Waals surface area contributed by atoms with Crippen LogP contribution >= 0.6 is 0 Å². The Morgan fingerprint density at radius 3 is 2.20 bits per heavy atom.